The highest BCUT2D eigenvalue weighted by Crippen LogP contribution is 2.09. The van der Waals surface area contributed by atoms with Gasteiger partial charge in [-0.05, 0) is 13.0 Å². The molecule has 4 nitrogen and oxygen atoms in total. The molecule has 0 radical (unpaired) electrons. The molecule has 0 spiro atoms. The van der Waals surface area contributed by atoms with Gasteiger partial charge in [0.1, 0.15) is 0 Å². The lowest BCUT2D eigenvalue weighted by Gasteiger charge is -2.07. The summed E-state index contributed by atoms with van der Waals surface area (Å²) >= 11 is 0. The van der Waals surface area contributed by atoms with Crippen LogP contribution < -0.4 is 5.32 Å². The average molecular weight is 179 g/mol. The normalized spacial score (nSPS) is 25.7. The van der Waals surface area contributed by atoms with Crippen molar-refractivity contribution in [1.82, 2.24) is 5.32 Å². The topological polar surface area (TPSA) is 66.4 Å². The monoisotopic (exact) mass is 179 g/mol. The molecule has 0 aromatic carbocycles. The Morgan fingerprint density at radius 1 is 1.55 bits per heavy atom. The van der Waals surface area contributed by atoms with Crippen LogP contribution in [0.1, 0.15) is 6.42 Å². The molecule has 1 fully saturated rings. The molecule has 0 aromatic heterocycles. The second kappa shape index (κ2) is 3.51. The van der Waals surface area contributed by atoms with Crippen molar-refractivity contribution in [1.29, 1.82) is 0 Å². The summed E-state index contributed by atoms with van der Waals surface area (Å²) in [6.07, 6.45) is 0.683. The van der Waals surface area contributed by atoms with E-state index in [1.165, 1.54) is 0 Å². The Morgan fingerprint density at radius 3 is 2.73 bits per heavy atom. The van der Waals surface area contributed by atoms with E-state index in [0.717, 1.165) is 6.54 Å². The minimum atomic E-state index is -3.02. The molecule has 0 saturated carbocycles. The zero-order valence-electron chi connectivity index (χ0n) is 6.28. The minimum absolute atomic E-state index is 0.0979. The molecule has 0 amide bonds. The van der Waals surface area contributed by atoms with E-state index in [2.05, 4.69) is 5.32 Å². The van der Waals surface area contributed by atoms with Crippen LogP contribution in [0, 0.1) is 0 Å². The minimum Gasteiger partial charge on any atom is -0.395 e. The molecule has 66 valence electrons. The van der Waals surface area contributed by atoms with Gasteiger partial charge in [-0.25, -0.2) is 8.42 Å². The van der Waals surface area contributed by atoms with Crippen LogP contribution in [0.4, 0.5) is 0 Å². The van der Waals surface area contributed by atoms with E-state index < -0.39 is 9.84 Å². The second-order valence-electron chi connectivity index (χ2n) is 2.71. The third-order valence-corrected chi connectivity index (χ3v) is 4.07. The van der Waals surface area contributed by atoms with Gasteiger partial charge in [0.05, 0.1) is 17.6 Å². The van der Waals surface area contributed by atoms with Gasteiger partial charge in [-0.15, -0.1) is 0 Å². The molecule has 5 heteroatoms. The van der Waals surface area contributed by atoms with Gasteiger partial charge in [0, 0.05) is 6.54 Å². The Hall–Kier alpha value is -0.130. The lowest BCUT2D eigenvalue weighted by Crippen LogP contribution is -2.27. The van der Waals surface area contributed by atoms with E-state index in [0.29, 0.717) is 13.0 Å². The van der Waals surface area contributed by atoms with Crippen LogP contribution in [-0.2, 0) is 9.84 Å². The van der Waals surface area contributed by atoms with Gasteiger partial charge in [0.2, 0.25) is 0 Å². The molecule has 11 heavy (non-hydrogen) atoms. The van der Waals surface area contributed by atoms with Crippen LogP contribution in [0.15, 0.2) is 0 Å². The Bertz CT molecular complexity index is 206. The molecule has 0 bridgehead atoms. The van der Waals surface area contributed by atoms with E-state index in [-0.39, 0.29) is 17.6 Å². The predicted molar refractivity (Wildman–Crippen MR) is 42.1 cm³/mol. The highest BCUT2D eigenvalue weighted by Gasteiger charge is 2.27. The third-order valence-electron chi connectivity index (χ3n) is 1.90. The van der Waals surface area contributed by atoms with Crippen LogP contribution in [-0.4, -0.2) is 44.2 Å². The fourth-order valence-electron chi connectivity index (χ4n) is 1.23. The summed E-state index contributed by atoms with van der Waals surface area (Å²) in [5.74, 6) is -0.0979. The first-order valence-electron chi connectivity index (χ1n) is 3.70. The van der Waals surface area contributed by atoms with Gasteiger partial charge in [-0.1, -0.05) is 0 Å². The first kappa shape index (κ1) is 8.96. The quantitative estimate of drug-likeness (QED) is 0.568. The molecule has 1 rings (SSSR count). The number of hydrogen-bond donors (Lipinski definition) is 2. The number of sulfone groups is 1. The van der Waals surface area contributed by atoms with Gasteiger partial charge in [0.25, 0.3) is 0 Å². The van der Waals surface area contributed by atoms with E-state index in [1.807, 2.05) is 0 Å². The van der Waals surface area contributed by atoms with Crippen molar-refractivity contribution in [3.05, 3.63) is 0 Å². The smallest absolute Gasteiger partial charge is 0.156 e. The van der Waals surface area contributed by atoms with Crippen molar-refractivity contribution in [2.45, 2.75) is 11.7 Å². The Morgan fingerprint density at radius 2 is 2.27 bits per heavy atom. The predicted octanol–water partition coefficient (Wildman–Crippen LogP) is -1.24. The highest BCUT2D eigenvalue weighted by molar-refractivity contribution is 7.92. The molecular formula is C6H13NO3S. The summed E-state index contributed by atoms with van der Waals surface area (Å²) in [7, 11) is -3.02. The molecule has 1 atom stereocenters. The van der Waals surface area contributed by atoms with E-state index in [4.69, 9.17) is 5.11 Å². The SMILES string of the molecule is O=S(=O)(CCO)C1CCNC1. The van der Waals surface area contributed by atoms with Gasteiger partial charge in [-0.2, -0.15) is 0 Å². The van der Waals surface area contributed by atoms with Gasteiger partial charge in [0.15, 0.2) is 9.84 Å². The summed E-state index contributed by atoms with van der Waals surface area (Å²) in [6, 6.07) is 0. The maximum absolute atomic E-state index is 11.2. The maximum atomic E-state index is 11.2. The molecule has 1 saturated heterocycles. The number of hydrogen-bond acceptors (Lipinski definition) is 4. The summed E-state index contributed by atoms with van der Waals surface area (Å²) in [5.41, 5.74) is 0. The van der Waals surface area contributed by atoms with Crippen LogP contribution in [0.2, 0.25) is 0 Å². The van der Waals surface area contributed by atoms with Gasteiger partial charge >= 0.3 is 0 Å². The van der Waals surface area contributed by atoms with Crippen LogP contribution in [0.5, 0.6) is 0 Å². The van der Waals surface area contributed by atoms with Gasteiger partial charge in [-0.3, -0.25) is 0 Å². The second-order valence-corrected chi connectivity index (χ2v) is 5.11. The average Bonchev–Trinajstić information content (AvgIpc) is 2.37. The Balaban J connectivity index is 2.56. The zero-order chi connectivity index (χ0) is 8.32. The van der Waals surface area contributed by atoms with Crippen LogP contribution in [0.25, 0.3) is 0 Å². The number of aliphatic hydroxyl groups excluding tert-OH is 1. The summed E-state index contributed by atoms with van der Waals surface area (Å²) < 4.78 is 22.5. The van der Waals surface area contributed by atoms with Crippen molar-refractivity contribution in [2.75, 3.05) is 25.4 Å². The van der Waals surface area contributed by atoms with E-state index >= 15 is 0 Å². The summed E-state index contributed by atoms with van der Waals surface area (Å²) in [6.45, 7) is 1.05. The summed E-state index contributed by atoms with van der Waals surface area (Å²) in [5, 5.41) is 11.2. The molecule has 1 unspecified atom stereocenters. The van der Waals surface area contributed by atoms with Gasteiger partial charge < -0.3 is 10.4 Å². The van der Waals surface area contributed by atoms with E-state index in [9.17, 15) is 8.42 Å². The molecule has 0 aliphatic carbocycles. The van der Waals surface area contributed by atoms with Crippen molar-refractivity contribution >= 4 is 9.84 Å². The number of aliphatic hydroxyl groups is 1. The molecule has 1 heterocycles. The Kier molecular flexibility index (Phi) is 2.86. The van der Waals surface area contributed by atoms with Crippen LogP contribution in [0.3, 0.4) is 0 Å². The van der Waals surface area contributed by atoms with Crippen molar-refractivity contribution in [2.24, 2.45) is 0 Å². The van der Waals surface area contributed by atoms with E-state index in [1.54, 1.807) is 0 Å². The van der Waals surface area contributed by atoms with Crippen molar-refractivity contribution in [3.8, 4) is 0 Å². The fraction of sp³-hybridized carbons (Fsp3) is 1.00. The first-order chi connectivity index (χ1) is 5.17. The summed E-state index contributed by atoms with van der Waals surface area (Å²) in [4.78, 5) is 0. The molecule has 0 aromatic rings. The van der Waals surface area contributed by atoms with Crippen molar-refractivity contribution < 1.29 is 13.5 Å². The fourth-order valence-corrected chi connectivity index (χ4v) is 2.67. The molecule has 1 aliphatic rings. The lowest BCUT2D eigenvalue weighted by atomic mass is 10.4. The largest absolute Gasteiger partial charge is 0.395 e. The standard InChI is InChI=1S/C6H13NO3S/c8-3-4-11(9,10)6-1-2-7-5-6/h6-8H,1-5H2. The lowest BCUT2D eigenvalue weighted by molar-refractivity contribution is 0.319. The maximum Gasteiger partial charge on any atom is 0.156 e. The Labute approximate surface area is 66.5 Å². The number of rotatable bonds is 3. The zero-order valence-corrected chi connectivity index (χ0v) is 7.10. The molecule has 2 N–H and O–H groups in total. The highest BCUT2D eigenvalue weighted by atomic mass is 32.2. The molecular weight excluding hydrogens is 166 g/mol. The first-order valence-corrected chi connectivity index (χ1v) is 5.41. The third kappa shape index (κ3) is 2.15. The molecule has 1 aliphatic heterocycles. The number of nitrogens with one attached hydrogen (secondary N) is 1. The van der Waals surface area contributed by atoms with Crippen molar-refractivity contribution in [3.63, 3.8) is 0 Å². The van der Waals surface area contributed by atoms with Crippen LogP contribution >= 0.6 is 0 Å².